The molecule has 1 saturated carbocycles. The van der Waals surface area contributed by atoms with Crippen LogP contribution >= 0.6 is 0 Å². The van der Waals surface area contributed by atoms with E-state index in [0.29, 0.717) is 12.5 Å². The zero-order chi connectivity index (χ0) is 18.1. The molecule has 1 aromatic carbocycles. The fourth-order valence-electron chi connectivity index (χ4n) is 3.34. The monoisotopic (exact) mass is 352 g/mol. The third kappa shape index (κ3) is 3.44. The number of amides is 1. The number of imidazole rings is 1. The van der Waals surface area contributed by atoms with E-state index in [2.05, 4.69) is 30.6 Å². The minimum absolute atomic E-state index is 0.0132. The average molecular weight is 352 g/mol. The maximum atomic E-state index is 11.3. The van der Waals surface area contributed by atoms with Crippen LogP contribution in [0.5, 0.6) is 0 Å². The maximum absolute atomic E-state index is 11.3. The molecule has 0 unspecified atom stereocenters. The minimum Gasteiger partial charge on any atom is -0.366 e. The summed E-state index contributed by atoms with van der Waals surface area (Å²) >= 11 is 0. The van der Waals surface area contributed by atoms with Crippen LogP contribution in [0.3, 0.4) is 0 Å². The molecule has 1 aliphatic rings. The fraction of sp³-hybridized carbons (Fsp3) is 0.333. The second-order valence-electron chi connectivity index (χ2n) is 6.71. The van der Waals surface area contributed by atoms with Crippen LogP contribution in [0.15, 0.2) is 35.4 Å². The smallest absolute Gasteiger partial charge is 0.323 e. The lowest BCUT2D eigenvalue weighted by Gasteiger charge is -2.35. The Bertz CT molecular complexity index is 1000. The van der Waals surface area contributed by atoms with Gasteiger partial charge in [-0.1, -0.05) is 6.07 Å². The van der Waals surface area contributed by atoms with Crippen LogP contribution in [0.1, 0.15) is 36.9 Å². The van der Waals surface area contributed by atoms with E-state index in [1.807, 2.05) is 24.3 Å². The number of benzene rings is 1. The van der Waals surface area contributed by atoms with Gasteiger partial charge in [-0.15, -0.1) is 0 Å². The first-order valence-corrected chi connectivity index (χ1v) is 8.60. The Labute approximate surface area is 149 Å². The lowest BCUT2D eigenvalue weighted by Crippen LogP contribution is -2.42. The highest BCUT2D eigenvalue weighted by Gasteiger charge is 2.31. The number of nitrogens with one attached hydrogen (secondary N) is 4. The molecule has 1 fully saturated rings. The summed E-state index contributed by atoms with van der Waals surface area (Å²) in [5, 5.41) is 6.23. The lowest BCUT2D eigenvalue weighted by molar-refractivity contribution is -0.120. The van der Waals surface area contributed by atoms with Crippen LogP contribution in [0.4, 0.5) is 5.82 Å². The van der Waals surface area contributed by atoms with Gasteiger partial charge in [0.2, 0.25) is 5.91 Å². The second-order valence-corrected chi connectivity index (χ2v) is 6.71. The minimum atomic E-state index is -0.205. The van der Waals surface area contributed by atoms with Gasteiger partial charge in [-0.3, -0.25) is 4.79 Å². The molecule has 4 rings (SSSR count). The van der Waals surface area contributed by atoms with Gasteiger partial charge >= 0.3 is 5.69 Å². The molecule has 8 heteroatoms. The average Bonchev–Trinajstić information content (AvgIpc) is 2.95. The van der Waals surface area contributed by atoms with E-state index in [1.165, 1.54) is 0 Å². The van der Waals surface area contributed by atoms with E-state index in [-0.39, 0.29) is 17.6 Å². The third-order valence-electron chi connectivity index (χ3n) is 4.71. The van der Waals surface area contributed by atoms with Crippen molar-refractivity contribution >= 4 is 22.8 Å². The van der Waals surface area contributed by atoms with Gasteiger partial charge in [-0.25, -0.2) is 14.8 Å². The van der Waals surface area contributed by atoms with Crippen molar-refractivity contribution in [2.45, 2.75) is 38.3 Å². The van der Waals surface area contributed by atoms with Crippen molar-refractivity contribution in [1.29, 1.82) is 0 Å². The number of aromatic nitrogens is 4. The number of rotatable bonds is 5. The fourth-order valence-corrected chi connectivity index (χ4v) is 3.34. The topological polar surface area (TPSA) is 116 Å². The normalized spacial score (nSPS) is 19.1. The van der Waals surface area contributed by atoms with Gasteiger partial charge in [-0.05, 0) is 30.5 Å². The lowest BCUT2D eigenvalue weighted by atomic mass is 9.78. The van der Waals surface area contributed by atoms with E-state index in [9.17, 15) is 9.59 Å². The molecular weight excluding hydrogens is 332 g/mol. The van der Waals surface area contributed by atoms with E-state index in [0.717, 1.165) is 41.0 Å². The Morgan fingerprint density at radius 1 is 1.19 bits per heavy atom. The molecule has 1 amide bonds. The van der Waals surface area contributed by atoms with Gasteiger partial charge in [0.15, 0.2) is 0 Å². The van der Waals surface area contributed by atoms with Crippen LogP contribution in [0, 0.1) is 0 Å². The molecule has 8 nitrogen and oxygen atoms in total. The number of carbonyl (C=O) groups is 1. The van der Waals surface area contributed by atoms with Gasteiger partial charge in [0, 0.05) is 37.2 Å². The second kappa shape index (κ2) is 6.62. The van der Waals surface area contributed by atoms with Crippen molar-refractivity contribution in [3.8, 4) is 0 Å². The molecule has 4 N–H and O–H groups in total. The highest BCUT2D eigenvalue weighted by Crippen LogP contribution is 2.36. The number of H-pyrrole nitrogens is 2. The maximum Gasteiger partial charge on any atom is 0.323 e. The summed E-state index contributed by atoms with van der Waals surface area (Å²) in [6, 6.07) is 7.99. The predicted molar refractivity (Wildman–Crippen MR) is 97.9 cm³/mol. The number of carbonyl (C=O) groups excluding carboxylic acids is 1. The number of fused-ring (bicyclic) bond motifs is 1. The van der Waals surface area contributed by atoms with Crippen molar-refractivity contribution < 1.29 is 4.79 Å². The molecule has 0 atom stereocenters. The molecule has 3 aromatic rings. The molecular formula is C18H20N6O2. The van der Waals surface area contributed by atoms with Crippen molar-refractivity contribution in [3.63, 3.8) is 0 Å². The molecule has 134 valence electrons. The van der Waals surface area contributed by atoms with Gasteiger partial charge in [0.1, 0.15) is 12.1 Å². The summed E-state index contributed by atoms with van der Waals surface area (Å²) in [6.45, 7) is 2.14. The Morgan fingerprint density at radius 3 is 2.81 bits per heavy atom. The number of nitrogens with zero attached hydrogens (tertiary/aromatic N) is 2. The summed E-state index contributed by atoms with van der Waals surface area (Å²) in [5.74, 6) is 1.14. The summed E-state index contributed by atoms with van der Waals surface area (Å²) < 4.78 is 0. The van der Waals surface area contributed by atoms with Gasteiger partial charge < -0.3 is 20.6 Å². The molecule has 1 aliphatic carbocycles. The van der Waals surface area contributed by atoms with Crippen molar-refractivity contribution in [1.82, 2.24) is 25.3 Å². The van der Waals surface area contributed by atoms with E-state index in [1.54, 1.807) is 13.3 Å². The van der Waals surface area contributed by atoms with Crippen LogP contribution in [-0.4, -0.2) is 31.9 Å². The first-order valence-electron chi connectivity index (χ1n) is 8.60. The molecule has 0 saturated heterocycles. The number of anilines is 1. The van der Waals surface area contributed by atoms with Crippen molar-refractivity contribution in [2.75, 3.05) is 5.32 Å². The third-order valence-corrected chi connectivity index (χ3v) is 4.71. The summed E-state index contributed by atoms with van der Waals surface area (Å²) in [6.07, 6.45) is 3.39. The Balaban J connectivity index is 1.39. The number of hydrogen-bond acceptors (Lipinski definition) is 5. The van der Waals surface area contributed by atoms with E-state index in [4.69, 9.17) is 0 Å². The van der Waals surface area contributed by atoms with Crippen molar-refractivity contribution in [3.05, 3.63) is 52.3 Å². The highest BCUT2D eigenvalue weighted by molar-refractivity contribution is 5.75. The number of aromatic amines is 2. The van der Waals surface area contributed by atoms with Crippen LogP contribution in [-0.2, 0) is 11.3 Å². The first kappa shape index (κ1) is 16.3. The molecule has 0 bridgehead atoms. The molecule has 0 radical (unpaired) electrons. The zero-order valence-corrected chi connectivity index (χ0v) is 14.4. The standard InChI is InChI=1S/C18H20N6O2/c1-10(25)22-13-5-12(6-13)15-7-17(21-9-20-15)19-8-11-2-3-14-16(4-11)24-18(26)23-14/h2-4,7,9,12-13H,5-6,8H2,1H3,(H,22,25)(H,19,20,21)(H2,23,24,26). The van der Waals surface area contributed by atoms with Gasteiger partial charge in [0.25, 0.3) is 0 Å². The zero-order valence-electron chi connectivity index (χ0n) is 14.4. The van der Waals surface area contributed by atoms with E-state index >= 15 is 0 Å². The largest absolute Gasteiger partial charge is 0.366 e. The Kier molecular flexibility index (Phi) is 4.16. The summed E-state index contributed by atoms with van der Waals surface area (Å²) in [7, 11) is 0. The molecule has 2 aromatic heterocycles. The molecule has 26 heavy (non-hydrogen) atoms. The van der Waals surface area contributed by atoms with Gasteiger partial charge in [0.05, 0.1) is 11.0 Å². The van der Waals surface area contributed by atoms with Crippen LogP contribution < -0.4 is 16.3 Å². The van der Waals surface area contributed by atoms with E-state index < -0.39 is 0 Å². The molecule has 0 spiro atoms. The first-order chi connectivity index (χ1) is 12.6. The van der Waals surface area contributed by atoms with Gasteiger partial charge in [-0.2, -0.15) is 0 Å². The summed E-state index contributed by atoms with van der Waals surface area (Å²) in [4.78, 5) is 36.5. The Morgan fingerprint density at radius 2 is 2.00 bits per heavy atom. The molecule has 0 aliphatic heterocycles. The summed E-state index contributed by atoms with van der Waals surface area (Å²) in [5.41, 5.74) is 3.42. The van der Waals surface area contributed by atoms with Crippen LogP contribution in [0.2, 0.25) is 0 Å². The quantitative estimate of drug-likeness (QED) is 0.557. The molecule has 2 heterocycles. The predicted octanol–water partition coefficient (Wildman–Crippen LogP) is 1.64. The highest BCUT2D eigenvalue weighted by atomic mass is 16.1. The number of hydrogen-bond donors (Lipinski definition) is 4. The Hall–Kier alpha value is -3.16. The SMILES string of the molecule is CC(=O)NC1CC(c2cc(NCc3ccc4[nH]c(=O)[nH]c4c3)ncn2)C1. The van der Waals surface area contributed by atoms with Crippen LogP contribution in [0.25, 0.3) is 11.0 Å². The van der Waals surface area contributed by atoms with Crippen molar-refractivity contribution in [2.24, 2.45) is 0 Å².